The van der Waals surface area contributed by atoms with Gasteiger partial charge in [0, 0.05) is 22.2 Å². The number of hydrogen-bond acceptors (Lipinski definition) is 6. The number of hydrogen-bond donors (Lipinski definition) is 2. The smallest absolute Gasteiger partial charge is 0.112 e. The van der Waals surface area contributed by atoms with Crippen LogP contribution in [-0.4, -0.2) is 67.4 Å². The Kier molecular flexibility index (Phi) is 6.93. The average Bonchev–Trinajstić information content (AvgIpc) is 2.40. The Morgan fingerprint density at radius 3 is 1.41 bits per heavy atom. The van der Waals surface area contributed by atoms with Gasteiger partial charge >= 0.3 is 0 Å². The van der Waals surface area contributed by atoms with E-state index in [1.807, 2.05) is 5.06 Å². The molecule has 0 spiro atoms. The molecule has 2 rings (SSSR count). The number of nitrogens with zero attached hydrogens (tertiary/aromatic N) is 2. The van der Waals surface area contributed by atoms with E-state index in [2.05, 4.69) is 67.4 Å². The summed E-state index contributed by atoms with van der Waals surface area (Å²) in [6.07, 6.45) is 3.07. The second-order valence-corrected chi connectivity index (χ2v) is 12.5. The fourth-order valence-corrected chi connectivity index (χ4v) is 6.12. The van der Waals surface area contributed by atoms with Gasteiger partial charge in [0.15, 0.2) is 0 Å². The van der Waals surface area contributed by atoms with Crippen LogP contribution in [0, 0.1) is 5.92 Å². The summed E-state index contributed by atoms with van der Waals surface area (Å²) < 4.78 is 0. The summed E-state index contributed by atoms with van der Waals surface area (Å²) in [5.41, 5.74) is -1.94. The molecule has 6 nitrogen and oxygen atoms in total. The Morgan fingerprint density at radius 1 is 0.759 bits per heavy atom. The van der Waals surface area contributed by atoms with Crippen molar-refractivity contribution < 1.29 is 19.9 Å². The molecule has 2 heterocycles. The number of aliphatic hydroxyl groups is 2. The van der Waals surface area contributed by atoms with Gasteiger partial charge in [-0.05, 0) is 93.9 Å². The molecular weight excluding hydrogens is 368 g/mol. The van der Waals surface area contributed by atoms with E-state index in [1.54, 1.807) is 6.92 Å². The topological polar surface area (TPSA) is 65.4 Å². The summed E-state index contributed by atoms with van der Waals surface area (Å²) in [5.74, 6) is 0.641. The van der Waals surface area contributed by atoms with E-state index in [4.69, 9.17) is 9.68 Å². The second-order valence-electron chi connectivity index (χ2n) is 12.5. The minimum absolute atomic E-state index is 0.0922. The van der Waals surface area contributed by atoms with Gasteiger partial charge in [-0.3, -0.25) is 9.68 Å². The Hall–Kier alpha value is -0.240. The molecule has 0 amide bonds. The van der Waals surface area contributed by atoms with E-state index in [-0.39, 0.29) is 41.5 Å². The molecule has 2 aliphatic rings. The largest absolute Gasteiger partial charge is 0.393 e. The van der Waals surface area contributed by atoms with Crippen molar-refractivity contribution in [3.8, 4) is 0 Å². The first-order valence-electron chi connectivity index (χ1n) is 11.2. The minimum atomic E-state index is -1.13. The highest BCUT2D eigenvalue weighted by Crippen LogP contribution is 2.42. The maximum Gasteiger partial charge on any atom is 0.112 e. The first-order valence-corrected chi connectivity index (χ1v) is 11.2. The van der Waals surface area contributed by atoms with E-state index in [1.165, 1.54) is 0 Å². The molecule has 0 saturated carbocycles. The van der Waals surface area contributed by atoms with Gasteiger partial charge < -0.3 is 10.2 Å². The third-order valence-electron chi connectivity index (χ3n) is 6.37. The molecule has 1 atom stereocenters. The van der Waals surface area contributed by atoms with Crippen LogP contribution in [0.15, 0.2) is 0 Å². The van der Waals surface area contributed by atoms with Crippen LogP contribution in [-0.2, 0) is 9.68 Å². The molecule has 2 saturated heterocycles. The van der Waals surface area contributed by atoms with Crippen LogP contribution >= 0.6 is 0 Å². The highest BCUT2D eigenvalue weighted by Gasteiger charge is 2.48. The number of rotatable bonds is 6. The molecule has 2 aliphatic heterocycles. The summed E-state index contributed by atoms with van der Waals surface area (Å²) in [5, 5.41) is 25.3. The SMILES string of the molecule is CC1CC(C)(C)N(OCC(C)(O)CON2C(C)(C)CC(O)CC2(C)C)C(C)(C)C1. The molecule has 2 N–H and O–H groups in total. The Balaban J connectivity index is 2.01. The molecule has 0 aromatic carbocycles. The number of aliphatic hydroxyl groups excluding tert-OH is 1. The standard InChI is InChI=1S/C23H46N2O4/c1-17-11-19(2,3)24(20(4,5)12-17)28-15-23(10,27)16-29-25-21(6,7)13-18(26)14-22(25,8)9/h17-18,26-27H,11-16H2,1-10H3. The van der Waals surface area contributed by atoms with Gasteiger partial charge in [0.2, 0.25) is 0 Å². The van der Waals surface area contributed by atoms with E-state index in [0.29, 0.717) is 18.8 Å². The molecule has 1 unspecified atom stereocenters. The van der Waals surface area contributed by atoms with Crippen molar-refractivity contribution >= 4 is 0 Å². The number of piperidine rings is 2. The highest BCUT2D eigenvalue weighted by molar-refractivity contribution is 4.97. The first kappa shape index (κ1) is 25.0. The van der Waals surface area contributed by atoms with Crippen molar-refractivity contribution in [1.29, 1.82) is 0 Å². The molecule has 0 aromatic rings. The first-order chi connectivity index (χ1) is 12.9. The molecule has 0 bridgehead atoms. The summed E-state index contributed by atoms with van der Waals surface area (Å²) in [6, 6.07) is 0. The third-order valence-corrected chi connectivity index (χ3v) is 6.37. The lowest BCUT2D eigenvalue weighted by molar-refractivity contribution is -0.331. The Labute approximate surface area is 178 Å². The molecule has 0 radical (unpaired) electrons. The monoisotopic (exact) mass is 414 g/mol. The van der Waals surface area contributed by atoms with Gasteiger partial charge in [-0.15, -0.1) is 0 Å². The average molecular weight is 415 g/mol. The lowest BCUT2D eigenvalue weighted by Crippen LogP contribution is -2.63. The Bertz CT molecular complexity index is 487. The predicted molar refractivity (Wildman–Crippen MR) is 116 cm³/mol. The van der Waals surface area contributed by atoms with Gasteiger partial charge in [0.05, 0.1) is 19.3 Å². The fraction of sp³-hybridized carbons (Fsp3) is 1.00. The molecule has 2 fully saturated rings. The zero-order valence-corrected chi connectivity index (χ0v) is 20.5. The summed E-state index contributed by atoms with van der Waals surface area (Å²) in [7, 11) is 0. The van der Waals surface area contributed by atoms with Crippen LogP contribution < -0.4 is 0 Å². The molecule has 29 heavy (non-hydrogen) atoms. The highest BCUT2D eigenvalue weighted by atomic mass is 16.7. The van der Waals surface area contributed by atoms with E-state index in [9.17, 15) is 10.2 Å². The lowest BCUT2D eigenvalue weighted by atomic mass is 9.76. The van der Waals surface area contributed by atoms with Crippen molar-refractivity contribution in [2.24, 2.45) is 5.92 Å². The predicted octanol–water partition coefficient (Wildman–Crippen LogP) is 3.90. The van der Waals surface area contributed by atoms with Crippen molar-refractivity contribution in [2.75, 3.05) is 13.2 Å². The van der Waals surface area contributed by atoms with Crippen LogP contribution in [0.3, 0.4) is 0 Å². The van der Waals surface area contributed by atoms with Crippen LogP contribution in [0.5, 0.6) is 0 Å². The fourth-order valence-electron chi connectivity index (χ4n) is 6.12. The second kappa shape index (κ2) is 8.03. The van der Waals surface area contributed by atoms with Gasteiger partial charge in [-0.2, -0.15) is 10.1 Å². The van der Waals surface area contributed by atoms with Crippen molar-refractivity contribution in [1.82, 2.24) is 10.1 Å². The zero-order chi connectivity index (χ0) is 22.5. The lowest BCUT2D eigenvalue weighted by Gasteiger charge is -2.54. The van der Waals surface area contributed by atoms with E-state index >= 15 is 0 Å². The summed E-state index contributed by atoms with van der Waals surface area (Å²) in [6.45, 7) is 21.5. The van der Waals surface area contributed by atoms with Gasteiger partial charge in [0.25, 0.3) is 0 Å². The molecule has 0 aromatic heterocycles. The quantitative estimate of drug-likeness (QED) is 0.687. The number of hydroxylamine groups is 4. The van der Waals surface area contributed by atoms with Crippen molar-refractivity contribution in [3.05, 3.63) is 0 Å². The normalized spacial score (nSPS) is 30.2. The minimum Gasteiger partial charge on any atom is -0.393 e. The summed E-state index contributed by atoms with van der Waals surface area (Å²) >= 11 is 0. The maximum absolute atomic E-state index is 11.0. The van der Waals surface area contributed by atoms with Gasteiger partial charge in [-0.1, -0.05) is 6.92 Å². The van der Waals surface area contributed by atoms with Crippen molar-refractivity contribution in [3.63, 3.8) is 0 Å². The van der Waals surface area contributed by atoms with E-state index in [0.717, 1.165) is 12.8 Å². The van der Waals surface area contributed by atoms with Gasteiger partial charge in [0.1, 0.15) is 5.60 Å². The third kappa shape index (κ3) is 5.92. The Morgan fingerprint density at radius 2 is 1.07 bits per heavy atom. The molecular formula is C23H46N2O4. The molecule has 0 aliphatic carbocycles. The molecule has 6 heteroatoms. The maximum atomic E-state index is 11.0. The molecule has 172 valence electrons. The zero-order valence-electron chi connectivity index (χ0n) is 20.5. The van der Waals surface area contributed by atoms with Crippen LogP contribution in [0.1, 0.15) is 94.9 Å². The van der Waals surface area contributed by atoms with Crippen LogP contribution in [0.25, 0.3) is 0 Å². The van der Waals surface area contributed by atoms with Crippen molar-refractivity contribution in [2.45, 2.75) is 129 Å². The van der Waals surface area contributed by atoms with Gasteiger partial charge in [-0.25, -0.2) is 0 Å². The summed E-state index contributed by atoms with van der Waals surface area (Å²) in [4.78, 5) is 12.4. The van der Waals surface area contributed by atoms with Crippen LogP contribution in [0.4, 0.5) is 0 Å². The van der Waals surface area contributed by atoms with Crippen LogP contribution in [0.2, 0.25) is 0 Å². The van der Waals surface area contributed by atoms with E-state index < -0.39 is 5.60 Å².